The van der Waals surface area contributed by atoms with E-state index < -0.39 is 0 Å². The van der Waals surface area contributed by atoms with Crippen LogP contribution in [0.2, 0.25) is 0 Å². The number of carbonyl (C=O) groups is 1. The van der Waals surface area contributed by atoms with Crippen LogP contribution < -0.4 is 10.2 Å². The maximum atomic E-state index is 11.7. The zero-order valence-electron chi connectivity index (χ0n) is 12.0. The molecule has 19 heavy (non-hydrogen) atoms. The molecular formula is C14H23N3OS. The fourth-order valence-corrected chi connectivity index (χ4v) is 2.88. The second kappa shape index (κ2) is 6.37. The molecule has 2 rings (SSSR count). The summed E-state index contributed by atoms with van der Waals surface area (Å²) in [6, 6.07) is 0.429. The molecule has 1 aliphatic rings. The summed E-state index contributed by atoms with van der Waals surface area (Å²) in [6.45, 7) is 8.53. The Morgan fingerprint density at radius 1 is 1.58 bits per heavy atom. The van der Waals surface area contributed by atoms with Crippen LogP contribution in [0.5, 0.6) is 0 Å². The second-order valence-corrected chi connectivity index (χ2v) is 6.41. The molecule has 1 aromatic rings. The van der Waals surface area contributed by atoms with E-state index in [2.05, 4.69) is 36.0 Å². The Hall–Kier alpha value is -1.10. The van der Waals surface area contributed by atoms with E-state index in [0.717, 1.165) is 36.8 Å². The van der Waals surface area contributed by atoms with Gasteiger partial charge < -0.3 is 10.2 Å². The normalized spacial score (nSPS) is 14.7. The Bertz CT molecular complexity index is 426. The van der Waals surface area contributed by atoms with Gasteiger partial charge in [-0.15, -0.1) is 11.3 Å². The third-order valence-corrected chi connectivity index (χ3v) is 4.01. The number of rotatable bonds is 7. The van der Waals surface area contributed by atoms with E-state index in [1.807, 2.05) is 5.38 Å². The molecule has 0 aromatic carbocycles. The third kappa shape index (κ3) is 4.49. The van der Waals surface area contributed by atoms with Gasteiger partial charge in [0.05, 0.1) is 12.1 Å². The van der Waals surface area contributed by atoms with Crippen LogP contribution in [0.15, 0.2) is 5.38 Å². The predicted molar refractivity (Wildman–Crippen MR) is 79.7 cm³/mol. The lowest BCUT2D eigenvalue weighted by molar-refractivity contribution is -0.120. The van der Waals surface area contributed by atoms with Crippen LogP contribution in [0.3, 0.4) is 0 Å². The summed E-state index contributed by atoms with van der Waals surface area (Å²) in [5.41, 5.74) is 0.889. The van der Waals surface area contributed by atoms with Crippen molar-refractivity contribution in [1.82, 2.24) is 10.3 Å². The van der Waals surface area contributed by atoms with Crippen molar-refractivity contribution >= 4 is 22.4 Å². The number of thiazole rings is 1. The second-order valence-electron chi connectivity index (χ2n) is 5.57. The predicted octanol–water partition coefficient (Wildman–Crippen LogP) is 2.45. The lowest BCUT2D eigenvalue weighted by Gasteiger charge is -2.21. The molecular weight excluding hydrogens is 258 g/mol. The van der Waals surface area contributed by atoms with Crippen LogP contribution in [0.1, 0.15) is 39.3 Å². The molecule has 0 unspecified atom stereocenters. The Kier molecular flexibility index (Phi) is 4.80. The molecule has 4 nitrogen and oxygen atoms in total. The number of aromatic nitrogens is 1. The van der Waals surface area contributed by atoms with E-state index in [1.165, 1.54) is 0 Å². The van der Waals surface area contributed by atoms with Gasteiger partial charge in [-0.25, -0.2) is 4.98 Å². The lowest BCUT2D eigenvalue weighted by atomic mass is 10.2. The molecule has 1 amide bonds. The fourth-order valence-electron chi connectivity index (χ4n) is 1.98. The van der Waals surface area contributed by atoms with Crippen molar-refractivity contribution in [3.63, 3.8) is 0 Å². The topological polar surface area (TPSA) is 45.2 Å². The smallest absolute Gasteiger partial charge is 0.226 e. The Morgan fingerprint density at radius 2 is 2.32 bits per heavy atom. The van der Waals surface area contributed by atoms with Crippen molar-refractivity contribution in [2.24, 2.45) is 5.92 Å². The Balaban J connectivity index is 1.90. The Labute approximate surface area is 119 Å². The quantitative estimate of drug-likeness (QED) is 0.835. The minimum absolute atomic E-state index is 0.103. The van der Waals surface area contributed by atoms with Gasteiger partial charge in [-0.2, -0.15) is 0 Å². The SMILES string of the molecule is CCN(CC(C)C)c1nc(CC(=O)NC2CC2)cs1. The number of carbonyl (C=O) groups excluding carboxylic acids is 1. The number of anilines is 1. The van der Waals surface area contributed by atoms with E-state index in [-0.39, 0.29) is 5.91 Å². The number of hydrogen-bond donors (Lipinski definition) is 1. The summed E-state index contributed by atoms with van der Waals surface area (Å²) in [7, 11) is 0. The average molecular weight is 281 g/mol. The maximum absolute atomic E-state index is 11.7. The first-order valence-corrected chi connectivity index (χ1v) is 7.95. The molecule has 1 heterocycles. The highest BCUT2D eigenvalue weighted by molar-refractivity contribution is 7.13. The van der Waals surface area contributed by atoms with Crippen molar-refractivity contribution in [3.05, 3.63) is 11.1 Å². The summed E-state index contributed by atoms with van der Waals surface area (Å²) in [6.07, 6.45) is 2.67. The molecule has 0 radical (unpaired) electrons. The molecule has 0 spiro atoms. The van der Waals surface area contributed by atoms with Crippen LogP contribution in [0.4, 0.5) is 5.13 Å². The van der Waals surface area contributed by atoms with Crippen molar-refractivity contribution in [3.8, 4) is 0 Å². The zero-order chi connectivity index (χ0) is 13.8. The summed E-state index contributed by atoms with van der Waals surface area (Å²) in [4.78, 5) is 18.6. The number of hydrogen-bond acceptors (Lipinski definition) is 4. The van der Waals surface area contributed by atoms with E-state index in [4.69, 9.17) is 0 Å². The molecule has 106 valence electrons. The van der Waals surface area contributed by atoms with Gasteiger partial charge in [0.25, 0.3) is 0 Å². The van der Waals surface area contributed by atoms with Gasteiger partial charge in [0.1, 0.15) is 0 Å². The van der Waals surface area contributed by atoms with Crippen molar-refractivity contribution in [2.45, 2.75) is 46.1 Å². The van der Waals surface area contributed by atoms with Gasteiger partial charge in [0.15, 0.2) is 5.13 Å². The van der Waals surface area contributed by atoms with Crippen LogP contribution >= 0.6 is 11.3 Å². The highest BCUT2D eigenvalue weighted by Crippen LogP contribution is 2.22. The van der Waals surface area contributed by atoms with Gasteiger partial charge in [-0.3, -0.25) is 4.79 Å². The van der Waals surface area contributed by atoms with E-state index in [9.17, 15) is 4.79 Å². The van der Waals surface area contributed by atoms with Gasteiger partial charge >= 0.3 is 0 Å². The first-order chi connectivity index (χ1) is 9.08. The standard InChI is InChI=1S/C14H23N3OS/c1-4-17(8-10(2)3)14-16-12(9-19-14)7-13(18)15-11-5-6-11/h9-11H,4-8H2,1-3H3,(H,15,18). The van der Waals surface area contributed by atoms with E-state index in [0.29, 0.717) is 18.4 Å². The third-order valence-electron chi connectivity index (χ3n) is 3.06. The van der Waals surface area contributed by atoms with Crippen LogP contribution in [-0.4, -0.2) is 30.0 Å². The first kappa shape index (κ1) is 14.3. The van der Waals surface area contributed by atoms with Crippen LogP contribution in [0.25, 0.3) is 0 Å². The summed E-state index contributed by atoms with van der Waals surface area (Å²) in [5, 5.41) is 6.04. The molecule has 1 N–H and O–H groups in total. The molecule has 5 heteroatoms. The highest BCUT2D eigenvalue weighted by atomic mass is 32.1. The lowest BCUT2D eigenvalue weighted by Crippen LogP contribution is -2.28. The number of nitrogens with zero attached hydrogens (tertiary/aromatic N) is 2. The van der Waals surface area contributed by atoms with Gasteiger partial charge in [0.2, 0.25) is 5.91 Å². The molecule has 0 atom stereocenters. The van der Waals surface area contributed by atoms with Crippen molar-refractivity contribution in [2.75, 3.05) is 18.0 Å². The summed E-state index contributed by atoms with van der Waals surface area (Å²) in [5.74, 6) is 0.719. The molecule has 1 aliphatic carbocycles. The summed E-state index contributed by atoms with van der Waals surface area (Å²) < 4.78 is 0. The molecule has 0 bridgehead atoms. The van der Waals surface area contributed by atoms with E-state index in [1.54, 1.807) is 11.3 Å². The van der Waals surface area contributed by atoms with Gasteiger partial charge in [0, 0.05) is 24.5 Å². The largest absolute Gasteiger partial charge is 0.353 e. The average Bonchev–Trinajstić information content (AvgIpc) is 3.03. The molecule has 0 aliphatic heterocycles. The first-order valence-electron chi connectivity index (χ1n) is 7.07. The molecule has 1 fully saturated rings. The molecule has 0 saturated heterocycles. The molecule has 1 saturated carbocycles. The highest BCUT2D eigenvalue weighted by Gasteiger charge is 2.23. The minimum atomic E-state index is 0.103. The van der Waals surface area contributed by atoms with Crippen LogP contribution in [-0.2, 0) is 11.2 Å². The van der Waals surface area contributed by atoms with Gasteiger partial charge in [-0.1, -0.05) is 13.8 Å². The minimum Gasteiger partial charge on any atom is -0.353 e. The number of nitrogens with one attached hydrogen (secondary N) is 1. The monoisotopic (exact) mass is 281 g/mol. The van der Waals surface area contributed by atoms with Crippen molar-refractivity contribution < 1.29 is 4.79 Å². The fraction of sp³-hybridized carbons (Fsp3) is 0.714. The van der Waals surface area contributed by atoms with Crippen LogP contribution in [0, 0.1) is 5.92 Å². The maximum Gasteiger partial charge on any atom is 0.226 e. The summed E-state index contributed by atoms with van der Waals surface area (Å²) >= 11 is 1.64. The Morgan fingerprint density at radius 3 is 2.89 bits per heavy atom. The number of amides is 1. The zero-order valence-corrected chi connectivity index (χ0v) is 12.8. The van der Waals surface area contributed by atoms with Crippen molar-refractivity contribution in [1.29, 1.82) is 0 Å². The van der Waals surface area contributed by atoms with E-state index >= 15 is 0 Å². The molecule has 1 aromatic heterocycles. The van der Waals surface area contributed by atoms with Gasteiger partial charge in [-0.05, 0) is 25.7 Å².